The molecule has 3 nitrogen and oxygen atoms in total. The van der Waals surface area contributed by atoms with Crippen LogP contribution in [0.25, 0.3) is 0 Å². The highest BCUT2D eigenvalue weighted by molar-refractivity contribution is 7.98. The highest BCUT2D eigenvalue weighted by Crippen LogP contribution is 2.34. The first-order valence-electron chi connectivity index (χ1n) is 4.56. The molecule has 1 N–H and O–H groups in total. The van der Waals surface area contributed by atoms with Gasteiger partial charge in [0.25, 0.3) is 0 Å². The zero-order valence-electron chi connectivity index (χ0n) is 8.06. The van der Waals surface area contributed by atoms with Crippen molar-refractivity contribution in [3.05, 3.63) is 23.9 Å². The van der Waals surface area contributed by atoms with Crippen LogP contribution in [0.15, 0.2) is 23.4 Å². The Hall–Kier alpha value is -0.580. The number of pyridine rings is 1. The minimum absolute atomic E-state index is 0.381. The van der Waals surface area contributed by atoms with Crippen LogP contribution in [0, 0.1) is 0 Å². The first kappa shape index (κ1) is 9.96. The van der Waals surface area contributed by atoms with E-state index >= 15 is 0 Å². The van der Waals surface area contributed by atoms with Crippen molar-refractivity contribution in [1.82, 2.24) is 4.98 Å². The van der Waals surface area contributed by atoms with E-state index in [9.17, 15) is 5.11 Å². The summed E-state index contributed by atoms with van der Waals surface area (Å²) in [6.45, 7) is 1.01. The van der Waals surface area contributed by atoms with Gasteiger partial charge in [0.05, 0.1) is 6.61 Å². The van der Waals surface area contributed by atoms with Crippen LogP contribution in [0.3, 0.4) is 0 Å². The summed E-state index contributed by atoms with van der Waals surface area (Å²) in [4.78, 5) is 4.23. The lowest BCUT2D eigenvalue weighted by Crippen LogP contribution is -2.26. The Labute approximate surface area is 87.5 Å². The van der Waals surface area contributed by atoms with Crippen molar-refractivity contribution in [3.63, 3.8) is 0 Å². The third kappa shape index (κ3) is 1.65. The molecule has 4 heteroatoms. The van der Waals surface area contributed by atoms with Crippen molar-refractivity contribution in [2.24, 2.45) is 0 Å². The van der Waals surface area contributed by atoms with Gasteiger partial charge in [-0.2, -0.15) is 0 Å². The zero-order valence-corrected chi connectivity index (χ0v) is 8.88. The number of aromatic nitrogens is 1. The second-order valence-corrected chi connectivity index (χ2v) is 4.19. The first-order chi connectivity index (χ1) is 6.76. The summed E-state index contributed by atoms with van der Waals surface area (Å²) >= 11 is 1.55. The smallest absolute Gasteiger partial charge is 0.118 e. The molecule has 1 aromatic rings. The van der Waals surface area contributed by atoms with Crippen LogP contribution in [0.5, 0.6) is 0 Å². The third-order valence-electron chi connectivity index (χ3n) is 2.47. The van der Waals surface area contributed by atoms with Crippen molar-refractivity contribution in [2.45, 2.75) is 17.0 Å². The van der Waals surface area contributed by atoms with Gasteiger partial charge in [-0.25, -0.2) is 4.98 Å². The lowest BCUT2D eigenvalue weighted by Gasteiger charge is -2.22. The normalized spacial score (nSPS) is 26.7. The highest BCUT2D eigenvalue weighted by atomic mass is 32.2. The molecule has 0 bridgehead atoms. The molecule has 1 atom stereocenters. The van der Waals surface area contributed by atoms with Gasteiger partial charge in [0.1, 0.15) is 10.6 Å². The monoisotopic (exact) mass is 211 g/mol. The molecule has 76 valence electrons. The van der Waals surface area contributed by atoms with Crippen molar-refractivity contribution in [1.29, 1.82) is 0 Å². The maximum Gasteiger partial charge on any atom is 0.118 e. The number of hydrogen-bond acceptors (Lipinski definition) is 4. The van der Waals surface area contributed by atoms with E-state index in [0.717, 1.165) is 10.6 Å². The summed E-state index contributed by atoms with van der Waals surface area (Å²) < 4.78 is 5.23. The molecular formula is C10H13NO2S. The molecule has 1 unspecified atom stereocenters. The number of aliphatic hydroxyl groups is 1. The SMILES string of the molecule is CSc1ncccc1C1(O)CCOC1. The molecule has 2 rings (SSSR count). The number of ether oxygens (including phenoxy) is 1. The molecule has 1 fully saturated rings. The van der Waals surface area contributed by atoms with Gasteiger partial charge in [0.2, 0.25) is 0 Å². The molecule has 0 saturated carbocycles. The van der Waals surface area contributed by atoms with Gasteiger partial charge in [-0.1, -0.05) is 6.07 Å². The van der Waals surface area contributed by atoms with Gasteiger partial charge >= 0.3 is 0 Å². The van der Waals surface area contributed by atoms with E-state index in [0.29, 0.717) is 19.6 Å². The maximum atomic E-state index is 10.3. The van der Waals surface area contributed by atoms with Gasteiger partial charge in [0, 0.05) is 24.8 Å². The topological polar surface area (TPSA) is 42.4 Å². The third-order valence-corrected chi connectivity index (χ3v) is 3.18. The molecule has 1 aliphatic heterocycles. The van der Waals surface area contributed by atoms with E-state index in [-0.39, 0.29) is 0 Å². The molecule has 0 aromatic carbocycles. The van der Waals surface area contributed by atoms with E-state index < -0.39 is 5.60 Å². The summed E-state index contributed by atoms with van der Waals surface area (Å²) in [5.41, 5.74) is 0.0667. The van der Waals surface area contributed by atoms with Crippen molar-refractivity contribution < 1.29 is 9.84 Å². The molecule has 2 heterocycles. The second-order valence-electron chi connectivity index (χ2n) is 3.39. The van der Waals surface area contributed by atoms with Crippen LogP contribution in [-0.2, 0) is 10.3 Å². The van der Waals surface area contributed by atoms with Gasteiger partial charge in [-0.15, -0.1) is 11.8 Å². The molecule has 0 amide bonds. The minimum Gasteiger partial charge on any atom is -0.383 e. The fraction of sp³-hybridized carbons (Fsp3) is 0.500. The summed E-state index contributed by atoms with van der Waals surface area (Å²) in [6.07, 6.45) is 4.37. The molecular weight excluding hydrogens is 198 g/mol. The average Bonchev–Trinajstić information content (AvgIpc) is 2.66. The lowest BCUT2D eigenvalue weighted by atomic mass is 9.95. The van der Waals surface area contributed by atoms with Crippen LogP contribution in [0.2, 0.25) is 0 Å². The van der Waals surface area contributed by atoms with Crippen molar-refractivity contribution in [2.75, 3.05) is 19.5 Å². The maximum absolute atomic E-state index is 10.3. The Balaban J connectivity index is 2.39. The largest absolute Gasteiger partial charge is 0.383 e. The highest BCUT2D eigenvalue weighted by Gasteiger charge is 2.36. The van der Waals surface area contributed by atoms with Gasteiger partial charge in [-0.3, -0.25) is 0 Å². The standard InChI is InChI=1S/C10H13NO2S/c1-14-9-8(3-2-5-11-9)10(12)4-6-13-7-10/h2-3,5,12H,4,6-7H2,1H3. The summed E-state index contributed by atoms with van der Waals surface area (Å²) in [7, 11) is 0. The number of hydrogen-bond donors (Lipinski definition) is 1. The Morgan fingerprint density at radius 3 is 3.14 bits per heavy atom. The Morgan fingerprint density at radius 1 is 1.64 bits per heavy atom. The van der Waals surface area contributed by atoms with Crippen molar-refractivity contribution in [3.8, 4) is 0 Å². The fourth-order valence-corrected chi connectivity index (χ4v) is 2.32. The summed E-state index contributed by atoms with van der Waals surface area (Å²) in [5.74, 6) is 0. The number of rotatable bonds is 2. The van der Waals surface area contributed by atoms with Gasteiger partial charge < -0.3 is 9.84 Å². The van der Waals surface area contributed by atoms with Crippen LogP contribution in [-0.4, -0.2) is 29.6 Å². The summed E-state index contributed by atoms with van der Waals surface area (Å²) in [5, 5.41) is 11.2. The van der Waals surface area contributed by atoms with Crippen LogP contribution in [0.1, 0.15) is 12.0 Å². The van der Waals surface area contributed by atoms with Gasteiger partial charge in [0.15, 0.2) is 0 Å². The van der Waals surface area contributed by atoms with Gasteiger partial charge in [-0.05, 0) is 12.3 Å². The first-order valence-corrected chi connectivity index (χ1v) is 5.78. The van der Waals surface area contributed by atoms with Crippen LogP contribution in [0.4, 0.5) is 0 Å². The van der Waals surface area contributed by atoms with Crippen LogP contribution >= 0.6 is 11.8 Å². The van der Waals surface area contributed by atoms with E-state index in [2.05, 4.69) is 4.98 Å². The molecule has 1 saturated heterocycles. The Bertz CT molecular complexity index is 324. The molecule has 14 heavy (non-hydrogen) atoms. The average molecular weight is 211 g/mol. The van der Waals surface area contributed by atoms with E-state index in [1.807, 2.05) is 18.4 Å². The number of thioether (sulfide) groups is 1. The molecule has 0 aliphatic carbocycles. The van der Waals surface area contributed by atoms with Crippen LogP contribution < -0.4 is 0 Å². The Morgan fingerprint density at radius 2 is 2.50 bits per heavy atom. The lowest BCUT2D eigenvalue weighted by molar-refractivity contribution is 0.0204. The molecule has 1 aromatic heterocycles. The van der Waals surface area contributed by atoms with E-state index in [1.165, 1.54) is 0 Å². The molecule has 0 radical (unpaired) electrons. The zero-order chi connectivity index (χ0) is 10.0. The number of nitrogens with zero attached hydrogens (tertiary/aromatic N) is 1. The molecule has 0 spiro atoms. The van der Waals surface area contributed by atoms with E-state index in [1.54, 1.807) is 18.0 Å². The van der Waals surface area contributed by atoms with Crippen molar-refractivity contribution >= 4 is 11.8 Å². The Kier molecular flexibility index (Phi) is 2.76. The fourth-order valence-electron chi connectivity index (χ4n) is 1.67. The predicted octanol–water partition coefficient (Wildman–Crippen LogP) is 1.41. The predicted molar refractivity (Wildman–Crippen MR) is 55.4 cm³/mol. The second kappa shape index (κ2) is 3.88. The molecule has 1 aliphatic rings. The van der Waals surface area contributed by atoms with E-state index in [4.69, 9.17) is 4.74 Å². The quantitative estimate of drug-likeness (QED) is 0.751. The minimum atomic E-state index is -0.827. The summed E-state index contributed by atoms with van der Waals surface area (Å²) in [6, 6.07) is 3.78.